The van der Waals surface area contributed by atoms with Gasteiger partial charge in [-0.15, -0.1) is 0 Å². The highest BCUT2D eigenvalue weighted by molar-refractivity contribution is 6.31. The quantitative estimate of drug-likeness (QED) is 0.770. The average Bonchev–Trinajstić information content (AvgIpc) is 2.99. The van der Waals surface area contributed by atoms with Crippen LogP contribution in [0.25, 0.3) is 5.78 Å². The van der Waals surface area contributed by atoms with Crippen molar-refractivity contribution >= 4 is 28.9 Å². The van der Waals surface area contributed by atoms with Crippen LogP contribution in [0.5, 0.6) is 5.75 Å². The molecular formula is C16H18ClN5O. The zero-order chi connectivity index (χ0) is 16.4. The minimum absolute atomic E-state index is 0.561. The number of rotatable bonds is 5. The number of fused-ring (bicyclic) bond motifs is 1. The molecule has 1 N–H and O–H groups in total. The smallest absolute Gasteiger partial charge is 0.254 e. The summed E-state index contributed by atoms with van der Waals surface area (Å²) in [7, 11) is 1.63. The van der Waals surface area contributed by atoms with Crippen LogP contribution >= 0.6 is 11.6 Å². The molecular weight excluding hydrogens is 314 g/mol. The second kappa shape index (κ2) is 6.42. The van der Waals surface area contributed by atoms with Gasteiger partial charge in [0.1, 0.15) is 17.9 Å². The van der Waals surface area contributed by atoms with Gasteiger partial charge in [0.05, 0.1) is 12.8 Å². The highest BCUT2D eigenvalue weighted by Crippen LogP contribution is 2.32. The van der Waals surface area contributed by atoms with Crippen LogP contribution in [0.3, 0.4) is 0 Å². The van der Waals surface area contributed by atoms with Gasteiger partial charge in [0.15, 0.2) is 0 Å². The lowest BCUT2D eigenvalue weighted by Gasteiger charge is -2.16. The summed E-state index contributed by atoms with van der Waals surface area (Å²) in [6, 6.07) is 5.45. The van der Waals surface area contributed by atoms with Crippen molar-refractivity contribution in [3.05, 3.63) is 40.8 Å². The number of nitrogens with zero attached hydrogens (tertiary/aromatic N) is 4. The Morgan fingerprint density at radius 1 is 1.35 bits per heavy atom. The Labute approximate surface area is 139 Å². The molecule has 0 fully saturated rings. The van der Waals surface area contributed by atoms with Crippen LogP contribution in [0.4, 0.5) is 11.5 Å². The van der Waals surface area contributed by atoms with Crippen molar-refractivity contribution in [2.24, 2.45) is 0 Å². The van der Waals surface area contributed by atoms with Gasteiger partial charge in [0.25, 0.3) is 5.78 Å². The van der Waals surface area contributed by atoms with Gasteiger partial charge in [-0.05, 0) is 31.5 Å². The lowest BCUT2D eigenvalue weighted by Crippen LogP contribution is -2.09. The summed E-state index contributed by atoms with van der Waals surface area (Å²) in [5.41, 5.74) is 2.82. The van der Waals surface area contributed by atoms with E-state index in [1.165, 1.54) is 6.33 Å². The first-order valence-electron chi connectivity index (χ1n) is 7.43. The first-order valence-corrected chi connectivity index (χ1v) is 7.81. The molecule has 0 bridgehead atoms. The molecule has 0 saturated heterocycles. The number of benzene rings is 1. The van der Waals surface area contributed by atoms with Crippen LogP contribution in [0.2, 0.25) is 5.02 Å². The van der Waals surface area contributed by atoms with Crippen molar-refractivity contribution in [1.29, 1.82) is 0 Å². The summed E-state index contributed by atoms with van der Waals surface area (Å²) in [5, 5.41) is 8.31. The summed E-state index contributed by atoms with van der Waals surface area (Å²) in [6.07, 6.45) is 3.39. The van der Waals surface area contributed by atoms with Gasteiger partial charge in [-0.3, -0.25) is 0 Å². The fraction of sp³-hybridized carbons (Fsp3) is 0.312. The molecule has 120 valence electrons. The lowest BCUT2D eigenvalue weighted by atomic mass is 10.1. The van der Waals surface area contributed by atoms with E-state index in [-0.39, 0.29) is 0 Å². The molecule has 23 heavy (non-hydrogen) atoms. The van der Waals surface area contributed by atoms with E-state index in [9.17, 15) is 0 Å². The second-order valence-electron chi connectivity index (χ2n) is 5.22. The molecule has 2 heterocycles. The zero-order valence-corrected chi connectivity index (χ0v) is 14.1. The zero-order valence-electron chi connectivity index (χ0n) is 13.3. The van der Waals surface area contributed by atoms with Crippen molar-refractivity contribution in [2.45, 2.75) is 26.7 Å². The molecule has 0 radical (unpaired) electrons. The molecule has 0 aliphatic carbocycles. The monoisotopic (exact) mass is 331 g/mol. The van der Waals surface area contributed by atoms with Gasteiger partial charge in [-0.2, -0.15) is 14.6 Å². The van der Waals surface area contributed by atoms with E-state index in [2.05, 4.69) is 27.3 Å². The Kier molecular flexibility index (Phi) is 4.34. The summed E-state index contributed by atoms with van der Waals surface area (Å²) in [4.78, 5) is 8.70. The highest BCUT2D eigenvalue weighted by atomic mass is 35.5. The fourth-order valence-electron chi connectivity index (χ4n) is 2.57. The van der Waals surface area contributed by atoms with E-state index in [4.69, 9.17) is 16.3 Å². The predicted molar refractivity (Wildman–Crippen MR) is 90.8 cm³/mol. The Morgan fingerprint density at radius 2 is 2.17 bits per heavy atom. The summed E-state index contributed by atoms with van der Waals surface area (Å²) in [5.74, 6) is 2.11. The first-order chi connectivity index (χ1) is 11.1. The molecule has 1 aromatic carbocycles. The largest absolute Gasteiger partial charge is 0.495 e. The number of hydrogen-bond acceptors (Lipinski definition) is 5. The van der Waals surface area contributed by atoms with Gasteiger partial charge in [-0.1, -0.05) is 24.9 Å². The standard InChI is InChI=1S/C16H18ClN5O/c1-4-5-12-10(2)20-16-18-9-19-22(16)15(12)21-13-8-11(17)6-7-14(13)23-3/h6-9,21H,4-5H2,1-3H3. The SMILES string of the molecule is CCCc1c(C)nc2ncnn2c1Nc1cc(Cl)ccc1OC. The highest BCUT2D eigenvalue weighted by Gasteiger charge is 2.15. The maximum atomic E-state index is 6.13. The number of methoxy groups -OCH3 is 1. The van der Waals surface area contributed by atoms with Crippen molar-refractivity contribution in [2.75, 3.05) is 12.4 Å². The molecule has 6 nitrogen and oxygen atoms in total. The Hall–Kier alpha value is -2.34. The molecule has 0 spiro atoms. The fourth-order valence-corrected chi connectivity index (χ4v) is 2.74. The Morgan fingerprint density at radius 3 is 2.91 bits per heavy atom. The molecule has 0 atom stereocenters. The van der Waals surface area contributed by atoms with Crippen molar-refractivity contribution < 1.29 is 4.74 Å². The average molecular weight is 332 g/mol. The molecule has 0 saturated carbocycles. The van der Waals surface area contributed by atoms with Crippen molar-refractivity contribution in [3.63, 3.8) is 0 Å². The molecule has 0 amide bonds. The van der Waals surface area contributed by atoms with E-state index in [1.54, 1.807) is 17.7 Å². The summed E-state index contributed by atoms with van der Waals surface area (Å²) >= 11 is 6.13. The van der Waals surface area contributed by atoms with Gasteiger partial charge < -0.3 is 10.1 Å². The van der Waals surface area contributed by atoms with Gasteiger partial charge >= 0.3 is 0 Å². The Bertz CT molecular complexity index is 846. The van der Waals surface area contributed by atoms with Crippen LogP contribution in [0.1, 0.15) is 24.6 Å². The van der Waals surface area contributed by atoms with Gasteiger partial charge in [0, 0.05) is 16.3 Å². The first kappa shape index (κ1) is 15.6. The number of aromatic nitrogens is 4. The lowest BCUT2D eigenvalue weighted by molar-refractivity contribution is 0.417. The van der Waals surface area contributed by atoms with E-state index in [0.29, 0.717) is 16.5 Å². The number of halogens is 1. The maximum Gasteiger partial charge on any atom is 0.254 e. The Balaban J connectivity index is 2.17. The third kappa shape index (κ3) is 2.94. The third-order valence-corrected chi connectivity index (χ3v) is 3.88. The van der Waals surface area contributed by atoms with Crippen LogP contribution < -0.4 is 10.1 Å². The number of hydrogen-bond donors (Lipinski definition) is 1. The minimum Gasteiger partial charge on any atom is -0.495 e. The number of ether oxygens (including phenoxy) is 1. The summed E-state index contributed by atoms with van der Waals surface area (Å²) < 4.78 is 7.12. The predicted octanol–water partition coefficient (Wildman–Crippen LogP) is 3.79. The maximum absolute atomic E-state index is 6.13. The molecule has 2 aromatic heterocycles. The van der Waals surface area contributed by atoms with E-state index < -0.39 is 0 Å². The number of anilines is 2. The number of nitrogens with one attached hydrogen (secondary N) is 1. The van der Waals surface area contributed by atoms with E-state index >= 15 is 0 Å². The summed E-state index contributed by atoms with van der Waals surface area (Å²) in [6.45, 7) is 4.12. The van der Waals surface area contributed by atoms with Gasteiger partial charge in [0.2, 0.25) is 0 Å². The van der Waals surface area contributed by atoms with Crippen LogP contribution in [0, 0.1) is 6.92 Å². The molecule has 3 rings (SSSR count). The minimum atomic E-state index is 0.561. The van der Waals surface area contributed by atoms with E-state index in [1.807, 2.05) is 19.1 Å². The molecule has 0 aliphatic rings. The molecule has 7 heteroatoms. The van der Waals surface area contributed by atoms with E-state index in [0.717, 1.165) is 35.6 Å². The van der Waals surface area contributed by atoms with Crippen LogP contribution in [-0.2, 0) is 6.42 Å². The van der Waals surface area contributed by atoms with Crippen molar-refractivity contribution in [1.82, 2.24) is 19.6 Å². The third-order valence-electron chi connectivity index (χ3n) is 3.65. The second-order valence-corrected chi connectivity index (χ2v) is 5.65. The molecule has 0 unspecified atom stereocenters. The topological polar surface area (TPSA) is 64.3 Å². The molecule has 0 aliphatic heterocycles. The normalized spacial score (nSPS) is 11.0. The van der Waals surface area contributed by atoms with Crippen molar-refractivity contribution in [3.8, 4) is 5.75 Å². The van der Waals surface area contributed by atoms with Gasteiger partial charge in [-0.25, -0.2) is 4.98 Å². The molecule has 3 aromatic rings. The number of aryl methyl sites for hydroxylation is 1. The van der Waals surface area contributed by atoms with Crippen LogP contribution in [-0.4, -0.2) is 26.7 Å². The van der Waals surface area contributed by atoms with Crippen LogP contribution in [0.15, 0.2) is 24.5 Å².